The molecular formula is C18H27F3N2O2. The second kappa shape index (κ2) is 5.51. The average Bonchev–Trinajstić information content (AvgIpc) is 3.18. The first-order chi connectivity index (χ1) is 11.7. The molecule has 142 valence electrons. The summed E-state index contributed by atoms with van der Waals surface area (Å²) < 4.78 is 44.2. The number of nitrogens with zero attached hydrogens (tertiary/aromatic N) is 1. The lowest BCUT2D eigenvalue weighted by Gasteiger charge is -2.76. The molecule has 1 N–H and O–H groups in total. The van der Waals surface area contributed by atoms with Crippen LogP contribution in [0.4, 0.5) is 18.0 Å². The van der Waals surface area contributed by atoms with Crippen molar-refractivity contribution in [1.29, 1.82) is 0 Å². The molecule has 0 aromatic heterocycles. The molecule has 25 heavy (non-hydrogen) atoms. The fourth-order valence-corrected chi connectivity index (χ4v) is 5.16. The van der Waals surface area contributed by atoms with Gasteiger partial charge in [0.2, 0.25) is 0 Å². The van der Waals surface area contributed by atoms with Gasteiger partial charge in [0.25, 0.3) is 0 Å². The molecule has 1 heterocycles. The van der Waals surface area contributed by atoms with Crippen molar-refractivity contribution in [2.45, 2.75) is 63.6 Å². The molecule has 4 aliphatic carbocycles. The lowest BCUT2D eigenvalue weighted by Crippen LogP contribution is -2.73. The summed E-state index contributed by atoms with van der Waals surface area (Å²) >= 11 is 0. The molecule has 5 aliphatic rings. The molecule has 4 nitrogen and oxygen atoms in total. The minimum Gasteiger partial charge on any atom is -0.449 e. The zero-order valence-corrected chi connectivity index (χ0v) is 14.8. The van der Waals surface area contributed by atoms with Gasteiger partial charge in [-0.1, -0.05) is 13.3 Å². The van der Waals surface area contributed by atoms with Crippen LogP contribution in [0.2, 0.25) is 0 Å². The number of carbonyl (C=O) groups is 1. The van der Waals surface area contributed by atoms with E-state index in [0.717, 1.165) is 45.2 Å². The van der Waals surface area contributed by atoms with Gasteiger partial charge in [-0.25, -0.2) is 4.79 Å². The third-order valence-electron chi connectivity index (χ3n) is 7.00. The Morgan fingerprint density at radius 1 is 1.24 bits per heavy atom. The number of alkyl halides is 3. The summed E-state index contributed by atoms with van der Waals surface area (Å²) in [7, 11) is 0. The van der Waals surface area contributed by atoms with E-state index in [1.807, 2.05) is 0 Å². The van der Waals surface area contributed by atoms with Gasteiger partial charge in [-0.05, 0) is 49.4 Å². The number of amides is 1. The summed E-state index contributed by atoms with van der Waals surface area (Å²) in [6.45, 7) is 4.53. The van der Waals surface area contributed by atoms with Gasteiger partial charge in [0.05, 0.1) is 6.61 Å². The molecule has 2 bridgehead atoms. The number of rotatable bonds is 7. The zero-order valence-electron chi connectivity index (χ0n) is 14.8. The van der Waals surface area contributed by atoms with Gasteiger partial charge in [0.15, 0.2) is 0 Å². The summed E-state index contributed by atoms with van der Waals surface area (Å²) in [5.74, 6) is 0.505. The minimum atomic E-state index is -4.12. The van der Waals surface area contributed by atoms with E-state index in [1.165, 1.54) is 0 Å². The van der Waals surface area contributed by atoms with Crippen molar-refractivity contribution in [3.05, 3.63) is 0 Å². The highest BCUT2D eigenvalue weighted by Crippen LogP contribution is 2.77. The van der Waals surface area contributed by atoms with E-state index >= 15 is 0 Å². The Bertz CT molecular complexity index is 533. The molecular weight excluding hydrogens is 333 g/mol. The number of nitrogens with one attached hydrogen (secondary N) is 1. The highest BCUT2D eigenvalue weighted by atomic mass is 19.4. The van der Waals surface area contributed by atoms with Crippen LogP contribution in [-0.4, -0.2) is 48.9 Å². The maximum atomic E-state index is 13.0. The van der Waals surface area contributed by atoms with Crippen molar-refractivity contribution in [3.63, 3.8) is 0 Å². The molecule has 0 spiro atoms. The summed E-state index contributed by atoms with van der Waals surface area (Å²) in [5.41, 5.74) is -1.22. The molecule has 0 radical (unpaired) electrons. The van der Waals surface area contributed by atoms with Crippen LogP contribution in [0.5, 0.6) is 0 Å². The first kappa shape index (κ1) is 17.4. The first-order valence-electron chi connectivity index (χ1n) is 9.47. The highest BCUT2D eigenvalue weighted by molar-refractivity contribution is 5.68. The normalized spacial score (nSPS) is 35.4. The van der Waals surface area contributed by atoms with Gasteiger partial charge in [-0.3, -0.25) is 0 Å². The van der Waals surface area contributed by atoms with Crippen molar-refractivity contribution in [1.82, 2.24) is 10.2 Å². The summed E-state index contributed by atoms with van der Waals surface area (Å²) in [6.07, 6.45) is 1.05. The first-order valence-corrected chi connectivity index (χ1v) is 9.47. The van der Waals surface area contributed by atoms with E-state index in [-0.39, 0.29) is 29.8 Å². The second-order valence-electron chi connectivity index (χ2n) is 8.90. The Morgan fingerprint density at radius 2 is 1.88 bits per heavy atom. The second-order valence-corrected chi connectivity index (χ2v) is 8.90. The smallest absolute Gasteiger partial charge is 0.409 e. The van der Waals surface area contributed by atoms with Gasteiger partial charge < -0.3 is 15.0 Å². The average molecular weight is 360 g/mol. The summed E-state index contributed by atoms with van der Waals surface area (Å²) in [5, 5.41) is 2.83. The van der Waals surface area contributed by atoms with Gasteiger partial charge in [-0.2, -0.15) is 13.2 Å². The molecule has 0 unspecified atom stereocenters. The zero-order chi connectivity index (χ0) is 17.9. The monoisotopic (exact) mass is 360 g/mol. The van der Waals surface area contributed by atoms with Crippen molar-refractivity contribution >= 4 is 6.09 Å². The molecule has 5 fully saturated rings. The van der Waals surface area contributed by atoms with Crippen LogP contribution in [0.3, 0.4) is 0 Å². The number of hydrogen-bond donors (Lipinski definition) is 1. The fourth-order valence-electron chi connectivity index (χ4n) is 5.16. The standard InChI is InChI=1S/C18H27F3N2O2/c1-2-3-6-25-14(24)23-7-13(8-23)16-9-15(10-16,11-16)12-22-17(4-5-17)18(19,20)21/h13,22H,2-12H2,1H3. The SMILES string of the molecule is CCCCOC(=O)N1CC(C23CC(CNC4(C(F)(F)F)CC4)(C2)C3)C1. The molecule has 4 saturated carbocycles. The Hall–Kier alpha value is -0.980. The third-order valence-corrected chi connectivity index (χ3v) is 7.00. The molecule has 5 rings (SSSR count). The Morgan fingerprint density at radius 3 is 2.40 bits per heavy atom. The van der Waals surface area contributed by atoms with Crippen LogP contribution in [0, 0.1) is 16.7 Å². The van der Waals surface area contributed by atoms with E-state index in [4.69, 9.17) is 4.74 Å². The van der Waals surface area contributed by atoms with E-state index in [0.29, 0.717) is 19.1 Å². The lowest BCUT2D eigenvalue weighted by molar-refractivity contribution is -0.256. The van der Waals surface area contributed by atoms with E-state index in [9.17, 15) is 18.0 Å². The largest absolute Gasteiger partial charge is 0.449 e. The van der Waals surface area contributed by atoms with Crippen LogP contribution in [0.1, 0.15) is 51.9 Å². The summed E-state index contributed by atoms with van der Waals surface area (Å²) in [6, 6.07) is 0. The van der Waals surface area contributed by atoms with Crippen molar-refractivity contribution in [3.8, 4) is 0 Å². The topological polar surface area (TPSA) is 41.6 Å². The molecule has 1 saturated heterocycles. The van der Waals surface area contributed by atoms with E-state index < -0.39 is 11.7 Å². The number of halogens is 3. The van der Waals surface area contributed by atoms with Crippen molar-refractivity contribution in [2.24, 2.45) is 16.7 Å². The number of hydrogen-bond acceptors (Lipinski definition) is 3. The molecule has 1 aliphatic heterocycles. The van der Waals surface area contributed by atoms with Crippen LogP contribution < -0.4 is 5.32 Å². The van der Waals surface area contributed by atoms with Gasteiger partial charge in [-0.15, -0.1) is 0 Å². The highest BCUT2D eigenvalue weighted by Gasteiger charge is 2.72. The van der Waals surface area contributed by atoms with Crippen molar-refractivity contribution in [2.75, 3.05) is 26.2 Å². The van der Waals surface area contributed by atoms with Crippen LogP contribution in [0.25, 0.3) is 0 Å². The molecule has 0 aromatic rings. The van der Waals surface area contributed by atoms with Crippen molar-refractivity contribution < 1.29 is 22.7 Å². The number of unbranched alkanes of at least 4 members (excludes halogenated alkanes) is 1. The number of ether oxygens (including phenoxy) is 1. The minimum absolute atomic E-state index is 0.0862. The van der Waals surface area contributed by atoms with Crippen LogP contribution >= 0.6 is 0 Å². The van der Waals surface area contributed by atoms with E-state index in [2.05, 4.69) is 12.2 Å². The van der Waals surface area contributed by atoms with Gasteiger partial charge in [0, 0.05) is 25.6 Å². The molecule has 7 heteroatoms. The molecule has 0 atom stereocenters. The van der Waals surface area contributed by atoms with Crippen LogP contribution in [-0.2, 0) is 4.74 Å². The maximum Gasteiger partial charge on any atom is 0.409 e. The predicted molar refractivity (Wildman–Crippen MR) is 86.1 cm³/mol. The van der Waals surface area contributed by atoms with Crippen LogP contribution in [0.15, 0.2) is 0 Å². The third kappa shape index (κ3) is 2.73. The number of carbonyl (C=O) groups excluding carboxylic acids is 1. The van der Waals surface area contributed by atoms with Gasteiger partial charge >= 0.3 is 12.3 Å². The molecule has 0 aromatic carbocycles. The summed E-state index contributed by atoms with van der Waals surface area (Å²) in [4.78, 5) is 13.6. The Balaban J connectivity index is 1.18. The lowest BCUT2D eigenvalue weighted by atomic mass is 9.31. The predicted octanol–water partition coefficient (Wildman–Crippen LogP) is 3.71. The maximum absolute atomic E-state index is 13.0. The Labute approximate surface area is 146 Å². The number of likely N-dealkylation sites (tertiary alicyclic amines) is 1. The quantitative estimate of drug-likeness (QED) is 0.704. The van der Waals surface area contributed by atoms with Gasteiger partial charge in [0.1, 0.15) is 5.54 Å². The fraction of sp³-hybridized carbons (Fsp3) is 0.944. The Kier molecular flexibility index (Phi) is 3.84. The molecule has 1 amide bonds. The van der Waals surface area contributed by atoms with E-state index in [1.54, 1.807) is 4.90 Å².